The van der Waals surface area contributed by atoms with Crippen molar-refractivity contribution in [3.63, 3.8) is 0 Å². The zero-order valence-electron chi connectivity index (χ0n) is 9.02. The van der Waals surface area contributed by atoms with Crippen molar-refractivity contribution in [3.05, 3.63) is 55.0 Å². The summed E-state index contributed by atoms with van der Waals surface area (Å²) in [5, 5.41) is 0.442. The topological polar surface area (TPSA) is 47.8 Å². The summed E-state index contributed by atoms with van der Waals surface area (Å²) in [5.41, 5.74) is 1.63. The Kier molecular flexibility index (Phi) is 3.78. The second kappa shape index (κ2) is 5.14. The van der Waals surface area contributed by atoms with Crippen molar-refractivity contribution in [1.82, 2.24) is 14.5 Å². The Balaban J connectivity index is 2.34. The van der Waals surface area contributed by atoms with Crippen LogP contribution in [0.3, 0.4) is 0 Å². The smallest absolute Gasteiger partial charge is 0.267 e. The summed E-state index contributed by atoms with van der Waals surface area (Å²) in [4.78, 5) is 20.1. The molecule has 88 valence electrons. The van der Waals surface area contributed by atoms with Crippen LogP contribution < -0.4 is 5.56 Å². The summed E-state index contributed by atoms with van der Waals surface area (Å²) in [7, 11) is 0. The second-order valence-corrected chi connectivity index (χ2v) is 5.03. The van der Waals surface area contributed by atoms with Crippen molar-refractivity contribution in [2.45, 2.75) is 13.5 Å². The van der Waals surface area contributed by atoms with Crippen molar-refractivity contribution in [3.8, 4) is 0 Å². The number of pyridine rings is 1. The molecule has 0 aliphatic rings. The Labute approximate surface area is 117 Å². The third-order valence-corrected chi connectivity index (χ3v) is 3.76. The van der Waals surface area contributed by atoms with Crippen LogP contribution in [0, 0.1) is 10.5 Å². The Bertz CT molecular complexity index is 595. The number of rotatable bonds is 2. The van der Waals surface area contributed by atoms with Crippen molar-refractivity contribution >= 4 is 34.2 Å². The van der Waals surface area contributed by atoms with Crippen LogP contribution in [0.4, 0.5) is 0 Å². The van der Waals surface area contributed by atoms with Gasteiger partial charge in [-0.15, -0.1) is 0 Å². The number of aryl methyl sites for hydroxylation is 1. The maximum atomic E-state index is 11.9. The normalized spacial score (nSPS) is 10.5. The van der Waals surface area contributed by atoms with Gasteiger partial charge in [0.15, 0.2) is 0 Å². The zero-order chi connectivity index (χ0) is 12.4. The molecule has 2 aromatic heterocycles. The highest BCUT2D eigenvalue weighted by Gasteiger charge is 2.05. The van der Waals surface area contributed by atoms with E-state index in [9.17, 15) is 4.79 Å². The molecule has 0 fully saturated rings. The molecule has 2 heterocycles. The van der Waals surface area contributed by atoms with Crippen LogP contribution in [0.1, 0.15) is 11.3 Å². The monoisotopic (exact) mass is 361 g/mol. The molecule has 0 N–H and O–H groups in total. The van der Waals surface area contributed by atoms with Gasteiger partial charge in [-0.05, 0) is 41.1 Å². The first kappa shape index (κ1) is 12.5. The van der Waals surface area contributed by atoms with Gasteiger partial charge in [-0.25, -0.2) is 9.97 Å². The predicted octanol–water partition coefficient (Wildman–Crippen LogP) is 2.25. The molecule has 0 aliphatic carbocycles. The summed E-state index contributed by atoms with van der Waals surface area (Å²) in [6, 6.07) is 3.54. The van der Waals surface area contributed by atoms with Gasteiger partial charge in [0.1, 0.15) is 5.15 Å². The van der Waals surface area contributed by atoms with Gasteiger partial charge in [-0.1, -0.05) is 17.7 Å². The van der Waals surface area contributed by atoms with E-state index in [2.05, 4.69) is 9.97 Å². The molecule has 6 heteroatoms. The summed E-state index contributed by atoms with van der Waals surface area (Å²) in [6.45, 7) is 2.27. The fourth-order valence-corrected chi connectivity index (χ4v) is 1.92. The van der Waals surface area contributed by atoms with E-state index in [0.717, 1.165) is 11.3 Å². The molecule has 2 rings (SSSR count). The molecule has 0 saturated heterocycles. The van der Waals surface area contributed by atoms with Crippen LogP contribution in [-0.4, -0.2) is 14.5 Å². The van der Waals surface area contributed by atoms with Crippen LogP contribution in [0.15, 0.2) is 29.5 Å². The van der Waals surface area contributed by atoms with E-state index in [-0.39, 0.29) is 5.56 Å². The lowest BCUT2D eigenvalue weighted by Crippen LogP contribution is -2.24. The lowest BCUT2D eigenvalue weighted by atomic mass is 10.3. The van der Waals surface area contributed by atoms with Crippen LogP contribution in [0.25, 0.3) is 0 Å². The molecule has 0 saturated carbocycles. The number of aromatic nitrogens is 3. The standard InChI is InChI=1S/C11H9ClIN3O/c1-7-10(13)11(17)16(6-15-7)5-8-2-3-9(12)14-4-8/h2-4,6H,5H2,1H3. The minimum atomic E-state index is -0.0342. The predicted molar refractivity (Wildman–Crippen MR) is 74.3 cm³/mol. The van der Waals surface area contributed by atoms with Crippen LogP contribution in [-0.2, 0) is 6.54 Å². The van der Waals surface area contributed by atoms with E-state index in [0.29, 0.717) is 15.3 Å². The quantitative estimate of drug-likeness (QED) is 0.609. The molecule has 0 amide bonds. The molecule has 4 nitrogen and oxygen atoms in total. The minimum absolute atomic E-state index is 0.0342. The molecule has 17 heavy (non-hydrogen) atoms. The van der Waals surface area contributed by atoms with E-state index >= 15 is 0 Å². The van der Waals surface area contributed by atoms with Gasteiger partial charge in [0.2, 0.25) is 0 Å². The second-order valence-electron chi connectivity index (χ2n) is 3.57. The largest absolute Gasteiger partial charge is 0.294 e. The molecule has 0 atom stereocenters. The van der Waals surface area contributed by atoms with Crippen molar-refractivity contribution in [1.29, 1.82) is 0 Å². The highest BCUT2D eigenvalue weighted by molar-refractivity contribution is 14.1. The van der Waals surface area contributed by atoms with Gasteiger partial charge in [0.25, 0.3) is 5.56 Å². The van der Waals surface area contributed by atoms with Gasteiger partial charge in [-0.2, -0.15) is 0 Å². The van der Waals surface area contributed by atoms with Crippen LogP contribution in [0.5, 0.6) is 0 Å². The first-order chi connectivity index (χ1) is 8.08. The number of halogens is 2. The summed E-state index contributed by atoms with van der Waals surface area (Å²) < 4.78 is 2.20. The number of hydrogen-bond acceptors (Lipinski definition) is 3. The Morgan fingerprint density at radius 3 is 2.82 bits per heavy atom. The number of nitrogens with zero attached hydrogens (tertiary/aromatic N) is 3. The summed E-state index contributed by atoms with van der Waals surface area (Å²) in [5.74, 6) is 0. The van der Waals surface area contributed by atoms with Crippen molar-refractivity contribution < 1.29 is 0 Å². The molecule has 0 aliphatic heterocycles. The molecule has 0 aromatic carbocycles. The maximum absolute atomic E-state index is 11.9. The van der Waals surface area contributed by atoms with Crippen LogP contribution >= 0.6 is 34.2 Å². The van der Waals surface area contributed by atoms with Gasteiger partial charge in [-0.3, -0.25) is 9.36 Å². The van der Waals surface area contributed by atoms with E-state index in [1.165, 1.54) is 0 Å². The molecule has 0 spiro atoms. The third kappa shape index (κ3) is 2.84. The molecule has 0 unspecified atom stereocenters. The number of hydrogen-bond donors (Lipinski definition) is 0. The maximum Gasteiger partial charge on any atom is 0.267 e. The molecule has 2 aromatic rings. The van der Waals surface area contributed by atoms with E-state index in [4.69, 9.17) is 11.6 Å². The Hall–Kier alpha value is -0.950. The average molecular weight is 362 g/mol. The fourth-order valence-electron chi connectivity index (χ4n) is 1.36. The van der Waals surface area contributed by atoms with Gasteiger partial charge in [0.05, 0.1) is 22.1 Å². The fraction of sp³-hybridized carbons (Fsp3) is 0.182. The van der Waals surface area contributed by atoms with Crippen LogP contribution in [0.2, 0.25) is 5.15 Å². The minimum Gasteiger partial charge on any atom is -0.294 e. The molecule has 0 bridgehead atoms. The van der Waals surface area contributed by atoms with Gasteiger partial charge < -0.3 is 0 Å². The third-order valence-electron chi connectivity index (χ3n) is 2.30. The molecular weight excluding hydrogens is 352 g/mol. The first-order valence-electron chi connectivity index (χ1n) is 4.90. The lowest BCUT2D eigenvalue weighted by Gasteiger charge is -2.06. The van der Waals surface area contributed by atoms with E-state index < -0.39 is 0 Å². The lowest BCUT2D eigenvalue weighted by molar-refractivity contribution is 0.721. The Morgan fingerprint density at radius 2 is 2.18 bits per heavy atom. The van der Waals surface area contributed by atoms with Gasteiger partial charge >= 0.3 is 0 Å². The summed E-state index contributed by atoms with van der Waals surface area (Å²) in [6.07, 6.45) is 3.20. The molecule has 0 radical (unpaired) electrons. The Morgan fingerprint density at radius 1 is 1.41 bits per heavy atom. The van der Waals surface area contributed by atoms with Crippen molar-refractivity contribution in [2.75, 3.05) is 0 Å². The molecular formula is C11H9ClIN3O. The highest BCUT2D eigenvalue weighted by atomic mass is 127. The zero-order valence-corrected chi connectivity index (χ0v) is 11.9. The first-order valence-corrected chi connectivity index (χ1v) is 6.35. The van der Waals surface area contributed by atoms with Gasteiger partial charge in [0, 0.05) is 6.20 Å². The van der Waals surface area contributed by atoms with E-state index in [1.807, 2.05) is 35.6 Å². The van der Waals surface area contributed by atoms with E-state index in [1.54, 1.807) is 23.2 Å². The summed E-state index contributed by atoms with van der Waals surface area (Å²) >= 11 is 7.71. The average Bonchev–Trinajstić information content (AvgIpc) is 2.33. The van der Waals surface area contributed by atoms with Crippen molar-refractivity contribution in [2.24, 2.45) is 0 Å². The highest BCUT2D eigenvalue weighted by Crippen LogP contribution is 2.07. The SMILES string of the molecule is Cc1ncn(Cc2ccc(Cl)nc2)c(=O)c1I.